The Labute approximate surface area is 93.1 Å². The molecule has 15 heavy (non-hydrogen) atoms. The lowest BCUT2D eigenvalue weighted by Gasteiger charge is -2.23. The quantitative estimate of drug-likeness (QED) is 0.770. The SMILES string of the molecule is Cc1ccc(C(C)C)cc1C(N)N(C)C. The molecule has 2 nitrogen and oxygen atoms in total. The van der Waals surface area contributed by atoms with E-state index >= 15 is 0 Å². The largest absolute Gasteiger partial charge is 0.312 e. The summed E-state index contributed by atoms with van der Waals surface area (Å²) in [5.41, 5.74) is 9.98. The van der Waals surface area contributed by atoms with E-state index in [-0.39, 0.29) is 6.17 Å². The van der Waals surface area contributed by atoms with Gasteiger partial charge in [-0.2, -0.15) is 0 Å². The minimum absolute atomic E-state index is 0.0105. The lowest BCUT2D eigenvalue weighted by atomic mass is 9.96. The van der Waals surface area contributed by atoms with Gasteiger partial charge in [-0.15, -0.1) is 0 Å². The average molecular weight is 206 g/mol. The van der Waals surface area contributed by atoms with Crippen molar-refractivity contribution in [3.8, 4) is 0 Å². The zero-order chi connectivity index (χ0) is 11.6. The summed E-state index contributed by atoms with van der Waals surface area (Å²) in [6.07, 6.45) is -0.0105. The zero-order valence-electron chi connectivity index (χ0n) is 10.4. The van der Waals surface area contributed by atoms with Crippen molar-refractivity contribution >= 4 is 0 Å². The summed E-state index contributed by atoms with van der Waals surface area (Å²) >= 11 is 0. The van der Waals surface area contributed by atoms with Gasteiger partial charge in [0.1, 0.15) is 0 Å². The second kappa shape index (κ2) is 4.77. The van der Waals surface area contributed by atoms with Crippen molar-refractivity contribution in [3.05, 3.63) is 34.9 Å². The van der Waals surface area contributed by atoms with Crippen LogP contribution in [0.1, 0.15) is 42.6 Å². The predicted octanol–water partition coefficient (Wildman–Crippen LogP) is 2.64. The maximum atomic E-state index is 6.13. The van der Waals surface area contributed by atoms with E-state index in [0.29, 0.717) is 5.92 Å². The number of aryl methyl sites for hydroxylation is 1. The van der Waals surface area contributed by atoms with Gasteiger partial charge in [-0.1, -0.05) is 32.0 Å². The Bertz CT molecular complexity index is 329. The molecular formula is C13H22N2. The molecule has 1 aromatic carbocycles. The molecule has 0 aliphatic heterocycles. The highest BCUT2D eigenvalue weighted by molar-refractivity contribution is 5.34. The van der Waals surface area contributed by atoms with Crippen LogP contribution < -0.4 is 5.73 Å². The van der Waals surface area contributed by atoms with Crippen LogP contribution >= 0.6 is 0 Å². The Morgan fingerprint density at radius 2 is 1.80 bits per heavy atom. The van der Waals surface area contributed by atoms with Crippen molar-refractivity contribution in [2.75, 3.05) is 14.1 Å². The summed E-state index contributed by atoms with van der Waals surface area (Å²) in [5.74, 6) is 0.554. The van der Waals surface area contributed by atoms with E-state index in [9.17, 15) is 0 Å². The van der Waals surface area contributed by atoms with Gasteiger partial charge >= 0.3 is 0 Å². The van der Waals surface area contributed by atoms with Crippen LogP contribution in [-0.2, 0) is 0 Å². The Kier molecular flexibility index (Phi) is 3.89. The zero-order valence-corrected chi connectivity index (χ0v) is 10.4. The van der Waals surface area contributed by atoms with E-state index in [4.69, 9.17) is 5.73 Å². The van der Waals surface area contributed by atoms with E-state index in [0.717, 1.165) is 0 Å². The summed E-state index contributed by atoms with van der Waals surface area (Å²) in [5, 5.41) is 0. The summed E-state index contributed by atoms with van der Waals surface area (Å²) < 4.78 is 0. The molecule has 0 bridgehead atoms. The van der Waals surface area contributed by atoms with Crippen LogP contribution in [0.15, 0.2) is 18.2 Å². The predicted molar refractivity (Wildman–Crippen MR) is 65.9 cm³/mol. The van der Waals surface area contributed by atoms with E-state index in [1.165, 1.54) is 16.7 Å². The molecule has 0 fully saturated rings. The number of nitrogens with two attached hydrogens (primary N) is 1. The lowest BCUT2D eigenvalue weighted by Crippen LogP contribution is -2.28. The van der Waals surface area contributed by atoms with Crippen molar-refractivity contribution in [1.82, 2.24) is 4.90 Å². The van der Waals surface area contributed by atoms with Crippen molar-refractivity contribution in [1.29, 1.82) is 0 Å². The number of hydrogen-bond acceptors (Lipinski definition) is 2. The molecule has 84 valence electrons. The minimum atomic E-state index is -0.0105. The lowest BCUT2D eigenvalue weighted by molar-refractivity contribution is 0.306. The molecule has 2 N–H and O–H groups in total. The first-order valence-corrected chi connectivity index (χ1v) is 5.46. The van der Waals surface area contributed by atoms with Crippen molar-refractivity contribution in [2.45, 2.75) is 32.9 Å². The molecule has 2 heteroatoms. The first-order chi connectivity index (χ1) is 6.93. The molecule has 1 rings (SSSR count). The second-order valence-corrected chi connectivity index (χ2v) is 4.68. The first-order valence-electron chi connectivity index (χ1n) is 5.46. The molecule has 1 unspecified atom stereocenters. The normalized spacial score (nSPS) is 13.6. The third-order valence-electron chi connectivity index (χ3n) is 2.84. The Balaban J connectivity index is 3.10. The Hall–Kier alpha value is -0.860. The van der Waals surface area contributed by atoms with Crippen LogP contribution in [-0.4, -0.2) is 19.0 Å². The number of hydrogen-bond donors (Lipinski definition) is 1. The van der Waals surface area contributed by atoms with Crippen molar-refractivity contribution in [3.63, 3.8) is 0 Å². The second-order valence-electron chi connectivity index (χ2n) is 4.68. The van der Waals surface area contributed by atoms with Gasteiger partial charge in [0.2, 0.25) is 0 Å². The van der Waals surface area contributed by atoms with Gasteiger partial charge in [-0.3, -0.25) is 4.90 Å². The average Bonchev–Trinajstić information content (AvgIpc) is 2.16. The van der Waals surface area contributed by atoms with E-state index in [1.54, 1.807) is 0 Å². The molecule has 0 heterocycles. The van der Waals surface area contributed by atoms with Crippen LogP contribution in [0.3, 0.4) is 0 Å². The molecule has 0 radical (unpaired) electrons. The standard InChI is InChI=1S/C13H22N2/c1-9(2)11-7-6-10(3)12(8-11)13(14)15(4)5/h6-9,13H,14H2,1-5H3. The fourth-order valence-electron chi connectivity index (χ4n) is 1.61. The molecule has 0 spiro atoms. The van der Waals surface area contributed by atoms with Crippen LogP contribution in [0, 0.1) is 6.92 Å². The monoisotopic (exact) mass is 206 g/mol. The highest BCUT2D eigenvalue weighted by atomic mass is 15.2. The fraction of sp³-hybridized carbons (Fsp3) is 0.538. The van der Waals surface area contributed by atoms with Crippen molar-refractivity contribution in [2.24, 2.45) is 5.73 Å². The smallest absolute Gasteiger partial charge is 0.0833 e. The maximum Gasteiger partial charge on any atom is 0.0833 e. The fourth-order valence-corrected chi connectivity index (χ4v) is 1.61. The van der Waals surface area contributed by atoms with E-state index in [2.05, 4.69) is 39.0 Å². The van der Waals surface area contributed by atoms with Crippen LogP contribution in [0.2, 0.25) is 0 Å². The molecule has 0 aliphatic carbocycles. The summed E-state index contributed by atoms with van der Waals surface area (Å²) in [4.78, 5) is 2.03. The van der Waals surface area contributed by atoms with Gasteiger partial charge in [0, 0.05) is 0 Å². The third-order valence-corrected chi connectivity index (χ3v) is 2.84. The Morgan fingerprint density at radius 1 is 1.20 bits per heavy atom. The molecule has 0 saturated carbocycles. The molecule has 1 atom stereocenters. The van der Waals surface area contributed by atoms with Gasteiger partial charge in [-0.25, -0.2) is 0 Å². The number of benzene rings is 1. The summed E-state index contributed by atoms with van der Waals surface area (Å²) in [7, 11) is 4.01. The minimum Gasteiger partial charge on any atom is -0.312 e. The first kappa shape index (κ1) is 12.2. The molecule has 0 saturated heterocycles. The van der Waals surface area contributed by atoms with Crippen LogP contribution in [0.5, 0.6) is 0 Å². The topological polar surface area (TPSA) is 29.3 Å². The molecule has 0 amide bonds. The molecular weight excluding hydrogens is 184 g/mol. The number of nitrogens with zero attached hydrogens (tertiary/aromatic N) is 1. The molecule has 1 aromatic rings. The van der Waals surface area contributed by atoms with Crippen LogP contribution in [0.4, 0.5) is 0 Å². The molecule has 0 aliphatic rings. The van der Waals surface area contributed by atoms with Gasteiger partial charge in [0.25, 0.3) is 0 Å². The Morgan fingerprint density at radius 3 is 2.27 bits per heavy atom. The highest BCUT2D eigenvalue weighted by Crippen LogP contribution is 2.23. The van der Waals surface area contributed by atoms with Crippen LogP contribution in [0.25, 0.3) is 0 Å². The highest BCUT2D eigenvalue weighted by Gasteiger charge is 2.12. The van der Waals surface area contributed by atoms with Gasteiger partial charge < -0.3 is 5.73 Å². The van der Waals surface area contributed by atoms with Crippen molar-refractivity contribution < 1.29 is 0 Å². The maximum absolute atomic E-state index is 6.13. The van der Waals surface area contributed by atoms with Gasteiger partial charge in [0.05, 0.1) is 6.17 Å². The number of rotatable bonds is 3. The summed E-state index contributed by atoms with van der Waals surface area (Å²) in [6.45, 7) is 6.52. The molecule has 0 aromatic heterocycles. The third kappa shape index (κ3) is 2.80. The summed E-state index contributed by atoms with van der Waals surface area (Å²) in [6, 6.07) is 6.57. The van der Waals surface area contributed by atoms with Gasteiger partial charge in [-0.05, 0) is 43.6 Å². The van der Waals surface area contributed by atoms with E-state index < -0.39 is 0 Å². The van der Waals surface area contributed by atoms with Gasteiger partial charge in [0.15, 0.2) is 0 Å². The van der Waals surface area contributed by atoms with E-state index in [1.807, 2.05) is 19.0 Å².